The van der Waals surface area contributed by atoms with E-state index in [9.17, 15) is 4.79 Å². The molecule has 0 saturated carbocycles. The van der Waals surface area contributed by atoms with Gasteiger partial charge < -0.3 is 14.6 Å². The summed E-state index contributed by atoms with van der Waals surface area (Å²) in [7, 11) is 1.77. The molecule has 0 fully saturated rings. The van der Waals surface area contributed by atoms with Crippen LogP contribution >= 0.6 is 0 Å². The summed E-state index contributed by atoms with van der Waals surface area (Å²) >= 11 is 0. The largest absolute Gasteiger partial charge is 0.492 e. The number of carbonyl (C=O) groups excluding carboxylic acids is 1. The number of aromatic amines is 1. The Morgan fingerprint density at radius 1 is 1.09 bits per heavy atom. The Balaban J connectivity index is 0.00000361. The van der Waals surface area contributed by atoms with Gasteiger partial charge >= 0.3 is 0 Å². The van der Waals surface area contributed by atoms with E-state index < -0.39 is 0 Å². The van der Waals surface area contributed by atoms with Crippen LogP contribution in [0, 0.1) is 25.7 Å². The number of amides is 1. The third-order valence-corrected chi connectivity index (χ3v) is 5.90. The Hall–Kier alpha value is -4.04. The average Bonchev–Trinajstić information content (AvgIpc) is 3.23. The molecule has 0 atom stereocenters. The van der Waals surface area contributed by atoms with Crippen LogP contribution in [-0.2, 0) is 17.8 Å². The van der Waals surface area contributed by atoms with Crippen LogP contribution < -0.4 is 4.74 Å². The smallest absolute Gasteiger partial charge is 0.298 e. The van der Waals surface area contributed by atoms with Crippen molar-refractivity contribution in [1.29, 1.82) is 0 Å². The molecule has 1 heterocycles. The van der Waals surface area contributed by atoms with E-state index in [0.29, 0.717) is 19.6 Å². The minimum atomic E-state index is -0.186. The van der Waals surface area contributed by atoms with Gasteiger partial charge in [-0.05, 0) is 72.7 Å². The number of benzene rings is 3. The SMILES string of the molecule is CCc1cc(-c2ccc3nc(C)[nH]c3c2)ccc1OCCC#CC(=O)N(C)Cc1cccc(C)c1.[HH]. The summed E-state index contributed by atoms with van der Waals surface area (Å²) in [6.07, 6.45) is 1.35. The van der Waals surface area contributed by atoms with Gasteiger partial charge in [-0.15, -0.1) is 0 Å². The van der Waals surface area contributed by atoms with Crippen molar-refractivity contribution in [3.8, 4) is 28.7 Å². The predicted molar refractivity (Wildman–Crippen MR) is 143 cm³/mol. The van der Waals surface area contributed by atoms with Gasteiger partial charge in [0.25, 0.3) is 5.91 Å². The van der Waals surface area contributed by atoms with Crippen molar-refractivity contribution in [3.05, 3.63) is 83.2 Å². The molecule has 3 aromatic carbocycles. The molecule has 1 N–H and O–H groups in total. The van der Waals surface area contributed by atoms with E-state index in [-0.39, 0.29) is 7.33 Å². The van der Waals surface area contributed by atoms with Crippen molar-refractivity contribution in [2.75, 3.05) is 13.7 Å². The van der Waals surface area contributed by atoms with Gasteiger partial charge in [-0.2, -0.15) is 0 Å². The standard InChI is InChI=1S/C30H31N3O2.H2/c1-5-24-18-25(26-12-14-27-28(19-26)32-22(3)31-27)13-15-29(24)35-16-7-6-11-30(34)33(4)20-23-10-8-9-21(2)17-23;/h8-10,12-15,17-19H,5,7,16,20H2,1-4H3,(H,31,32);1H. The molecule has 0 radical (unpaired) electrons. The van der Waals surface area contributed by atoms with Gasteiger partial charge in [-0.1, -0.05) is 54.8 Å². The molecule has 35 heavy (non-hydrogen) atoms. The third-order valence-electron chi connectivity index (χ3n) is 5.90. The molecule has 5 heteroatoms. The van der Waals surface area contributed by atoms with Crippen molar-refractivity contribution in [1.82, 2.24) is 14.9 Å². The molecule has 0 spiro atoms. The Morgan fingerprint density at radius 3 is 2.69 bits per heavy atom. The molecule has 0 aliphatic heterocycles. The van der Waals surface area contributed by atoms with E-state index in [1.807, 2.05) is 44.2 Å². The summed E-state index contributed by atoms with van der Waals surface area (Å²) in [5.41, 5.74) is 7.72. The van der Waals surface area contributed by atoms with Crippen LogP contribution in [-0.4, -0.2) is 34.4 Å². The topological polar surface area (TPSA) is 58.2 Å². The third kappa shape index (κ3) is 6.10. The van der Waals surface area contributed by atoms with E-state index in [2.05, 4.69) is 59.1 Å². The maximum absolute atomic E-state index is 12.3. The highest BCUT2D eigenvalue weighted by atomic mass is 16.5. The number of nitrogens with zero attached hydrogens (tertiary/aromatic N) is 2. The lowest BCUT2D eigenvalue weighted by Gasteiger charge is -2.14. The number of aryl methyl sites for hydroxylation is 3. The van der Waals surface area contributed by atoms with Crippen molar-refractivity contribution in [3.63, 3.8) is 0 Å². The Morgan fingerprint density at radius 2 is 1.89 bits per heavy atom. The highest BCUT2D eigenvalue weighted by Gasteiger charge is 2.08. The molecule has 180 valence electrons. The fraction of sp³-hybridized carbons (Fsp3) is 0.267. The summed E-state index contributed by atoms with van der Waals surface area (Å²) in [6, 6.07) is 20.7. The first-order valence-electron chi connectivity index (χ1n) is 11.9. The van der Waals surface area contributed by atoms with E-state index in [1.165, 1.54) is 5.56 Å². The monoisotopic (exact) mass is 467 g/mol. The van der Waals surface area contributed by atoms with Gasteiger partial charge in [0.15, 0.2) is 0 Å². The minimum absolute atomic E-state index is 0. The van der Waals surface area contributed by atoms with Crippen LogP contribution in [0.15, 0.2) is 60.7 Å². The number of imidazole rings is 1. The number of H-pyrrole nitrogens is 1. The fourth-order valence-electron chi connectivity index (χ4n) is 4.09. The molecule has 5 nitrogen and oxygen atoms in total. The van der Waals surface area contributed by atoms with Crippen molar-refractivity contribution in [2.45, 2.75) is 40.2 Å². The number of hydrogen-bond acceptors (Lipinski definition) is 3. The van der Waals surface area contributed by atoms with Crippen LogP contribution in [0.3, 0.4) is 0 Å². The molecule has 0 unspecified atom stereocenters. The highest BCUT2D eigenvalue weighted by Crippen LogP contribution is 2.29. The number of carbonyl (C=O) groups is 1. The molecule has 1 amide bonds. The van der Waals surface area contributed by atoms with E-state index in [4.69, 9.17) is 4.74 Å². The average molecular weight is 468 g/mol. The number of ether oxygens (including phenoxy) is 1. The van der Waals surface area contributed by atoms with Crippen LogP contribution in [0.5, 0.6) is 5.75 Å². The molecular formula is C30H33N3O2. The summed E-state index contributed by atoms with van der Waals surface area (Å²) in [4.78, 5) is 21.7. The lowest BCUT2D eigenvalue weighted by molar-refractivity contribution is -0.124. The van der Waals surface area contributed by atoms with E-state index in [1.54, 1.807) is 11.9 Å². The molecule has 0 saturated heterocycles. The summed E-state index contributed by atoms with van der Waals surface area (Å²) < 4.78 is 6.00. The first kappa shape index (κ1) is 24.1. The number of aromatic nitrogens is 2. The summed E-state index contributed by atoms with van der Waals surface area (Å²) in [6.45, 7) is 7.11. The van der Waals surface area contributed by atoms with Crippen LogP contribution in [0.25, 0.3) is 22.2 Å². The Labute approximate surface area is 208 Å². The maximum Gasteiger partial charge on any atom is 0.298 e. The fourth-order valence-corrected chi connectivity index (χ4v) is 4.09. The number of nitrogens with one attached hydrogen (secondary N) is 1. The Bertz CT molecular complexity index is 1410. The summed E-state index contributed by atoms with van der Waals surface area (Å²) in [5.74, 6) is 7.27. The lowest BCUT2D eigenvalue weighted by Crippen LogP contribution is -2.24. The Kier molecular flexibility index (Phi) is 7.52. The maximum atomic E-state index is 12.3. The molecule has 0 aliphatic rings. The molecule has 1 aromatic heterocycles. The number of fused-ring (bicyclic) bond motifs is 1. The van der Waals surface area contributed by atoms with Gasteiger partial charge in [0.1, 0.15) is 11.6 Å². The number of hydrogen-bond donors (Lipinski definition) is 1. The van der Waals surface area contributed by atoms with Crippen LogP contribution in [0.1, 0.15) is 37.3 Å². The van der Waals surface area contributed by atoms with Crippen molar-refractivity contribution in [2.24, 2.45) is 0 Å². The van der Waals surface area contributed by atoms with Gasteiger partial charge in [0, 0.05) is 21.4 Å². The second-order valence-electron chi connectivity index (χ2n) is 8.78. The predicted octanol–water partition coefficient (Wildman–Crippen LogP) is 6.09. The molecule has 4 aromatic rings. The van der Waals surface area contributed by atoms with Crippen LogP contribution in [0.2, 0.25) is 0 Å². The van der Waals surface area contributed by atoms with Crippen molar-refractivity contribution >= 4 is 16.9 Å². The minimum Gasteiger partial charge on any atom is -0.492 e. The zero-order valence-electron chi connectivity index (χ0n) is 20.8. The molecule has 0 aliphatic carbocycles. The quantitative estimate of drug-likeness (QED) is 0.264. The van der Waals surface area contributed by atoms with Crippen molar-refractivity contribution < 1.29 is 11.0 Å². The van der Waals surface area contributed by atoms with Gasteiger partial charge in [-0.3, -0.25) is 4.79 Å². The van der Waals surface area contributed by atoms with Gasteiger partial charge in [0.2, 0.25) is 0 Å². The second kappa shape index (κ2) is 10.9. The molecule has 0 bridgehead atoms. The van der Waals surface area contributed by atoms with Gasteiger partial charge in [0.05, 0.1) is 17.6 Å². The zero-order valence-corrected chi connectivity index (χ0v) is 20.8. The highest BCUT2D eigenvalue weighted by molar-refractivity contribution is 5.93. The van der Waals surface area contributed by atoms with Gasteiger partial charge in [-0.25, -0.2) is 4.98 Å². The lowest BCUT2D eigenvalue weighted by atomic mass is 10.0. The number of rotatable bonds is 7. The van der Waals surface area contributed by atoms with Crippen LogP contribution in [0.4, 0.5) is 0 Å². The van der Waals surface area contributed by atoms with E-state index >= 15 is 0 Å². The first-order valence-corrected chi connectivity index (χ1v) is 11.9. The molecule has 4 rings (SSSR count). The second-order valence-corrected chi connectivity index (χ2v) is 8.78. The zero-order chi connectivity index (χ0) is 24.8. The molecular weight excluding hydrogens is 434 g/mol. The van der Waals surface area contributed by atoms with E-state index in [0.717, 1.165) is 51.3 Å². The normalized spacial score (nSPS) is 10.6. The summed E-state index contributed by atoms with van der Waals surface area (Å²) in [5, 5.41) is 0. The first-order chi connectivity index (χ1) is 16.9.